The van der Waals surface area contributed by atoms with E-state index in [9.17, 15) is 13.2 Å². The van der Waals surface area contributed by atoms with Gasteiger partial charge in [0.25, 0.3) is 0 Å². The van der Waals surface area contributed by atoms with Crippen LogP contribution < -0.4 is 5.32 Å². The molecule has 0 radical (unpaired) electrons. The van der Waals surface area contributed by atoms with Crippen LogP contribution in [0.1, 0.15) is 24.8 Å². The number of aryl methyl sites for hydroxylation is 1. The molecule has 0 aliphatic carbocycles. The van der Waals surface area contributed by atoms with Crippen LogP contribution in [-0.4, -0.2) is 45.4 Å². The Balaban J connectivity index is 2.22. The summed E-state index contributed by atoms with van der Waals surface area (Å²) in [6.07, 6.45) is 2.88. The monoisotopic (exact) mass is 326 g/mol. The van der Waals surface area contributed by atoms with E-state index in [1.54, 1.807) is 18.2 Å². The quantitative estimate of drug-likeness (QED) is 0.834. The van der Waals surface area contributed by atoms with Gasteiger partial charge in [0.05, 0.1) is 12.0 Å². The Morgan fingerprint density at radius 3 is 2.59 bits per heavy atom. The number of hydrogen-bond donors (Lipinski definition) is 1. The van der Waals surface area contributed by atoms with Gasteiger partial charge in [-0.3, -0.25) is 4.79 Å². The molecule has 0 amide bonds. The molecule has 1 N–H and O–H groups in total. The maximum atomic E-state index is 12.7. The lowest BCUT2D eigenvalue weighted by Crippen LogP contribution is -2.35. The SMILES string of the molecule is COC(=O)CNc1cc(S(=O)(=O)N2CCCCC2)ccc1C. The first-order valence-electron chi connectivity index (χ1n) is 7.36. The van der Waals surface area contributed by atoms with Gasteiger partial charge in [-0.2, -0.15) is 4.31 Å². The van der Waals surface area contributed by atoms with E-state index in [4.69, 9.17) is 0 Å². The lowest BCUT2D eigenvalue weighted by Gasteiger charge is -2.26. The summed E-state index contributed by atoms with van der Waals surface area (Å²) in [4.78, 5) is 11.5. The minimum absolute atomic E-state index is 0.00452. The number of methoxy groups -OCH3 is 1. The summed E-state index contributed by atoms with van der Waals surface area (Å²) in [5.41, 5.74) is 1.50. The van der Waals surface area contributed by atoms with Crippen molar-refractivity contribution in [3.05, 3.63) is 23.8 Å². The second-order valence-corrected chi connectivity index (χ2v) is 7.31. The molecule has 1 aromatic carbocycles. The van der Waals surface area contributed by atoms with Crippen LogP contribution >= 0.6 is 0 Å². The summed E-state index contributed by atoms with van der Waals surface area (Å²) in [5, 5.41) is 2.92. The summed E-state index contributed by atoms with van der Waals surface area (Å²) in [7, 11) is -2.15. The summed E-state index contributed by atoms with van der Waals surface area (Å²) < 4.78 is 31.4. The predicted molar refractivity (Wildman–Crippen MR) is 84.3 cm³/mol. The van der Waals surface area contributed by atoms with Crippen LogP contribution in [-0.2, 0) is 19.6 Å². The van der Waals surface area contributed by atoms with Crippen LogP contribution in [0.3, 0.4) is 0 Å². The molecule has 1 saturated heterocycles. The third kappa shape index (κ3) is 3.78. The highest BCUT2D eigenvalue weighted by molar-refractivity contribution is 7.89. The van der Waals surface area contributed by atoms with E-state index in [-0.39, 0.29) is 11.4 Å². The van der Waals surface area contributed by atoms with E-state index in [2.05, 4.69) is 10.1 Å². The van der Waals surface area contributed by atoms with Gasteiger partial charge in [0.1, 0.15) is 6.54 Å². The van der Waals surface area contributed by atoms with Crippen LogP contribution in [0.15, 0.2) is 23.1 Å². The van der Waals surface area contributed by atoms with Crippen molar-refractivity contribution < 1.29 is 17.9 Å². The molecule has 0 saturated carbocycles. The van der Waals surface area contributed by atoms with Crippen molar-refractivity contribution in [1.82, 2.24) is 4.31 Å². The number of hydrogen-bond acceptors (Lipinski definition) is 5. The third-order valence-electron chi connectivity index (χ3n) is 3.81. The topological polar surface area (TPSA) is 75.7 Å². The second-order valence-electron chi connectivity index (χ2n) is 5.37. The van der Waals surface area contributed by atoms with Gasteiger partial charge in [-0.15, -0.1) is 0 Å². The molecule has 122 valence electrons. The molecule has 22 heavy (non-hydrogen) atoms. The van der Waals surface area contributed by atoms with Gasteiger partial charge in [0, 0.05) is 18.8 Å². The predicted octanol–water partition coefficient (Wildman–Crippen LogP) is 1.75. The fourth-order valence-electron chi connectivity index (χ4n) is 2.45. The zero-order chi connectivity index (χ0) is 16.2. The number of sulfonamides is 1. The van der Waals surface area contributed by atoms with Gasteiger partial charge in [-0.25, -0.2) is 8.42 Å². The number of piperidine rings is 1. The van der Waals surface area contributed by atoms with Gasteiger partial charge >= 0.3 is 5.97 Å². The van der Waals surface area contributed by atoms with Crippen LogP contribution in [0.4, 0.5) is 5.69 Å². The molecule has 2 rings (SSSR count). The first-order chi connectivity index (χ1) is 10.4. The van der Waals surface area contributed by atoms with Crippen LogP contribution in [0, 0.1) is 6.92 Å². The third-order valence-corrected chi connectivity index (χ3v) is 5.71. The van der Waals surface area contributed by atoms with Gasteiger partial charge < -0.3 is 10.1 Å². The molecule has 1 aliphatic rings. The Morgan fingerprint density at radius 1 is 1.27 bits per heavy atom. The zero-order valence-corrected chi connectivity index (χ0v) is 13.8. The van der Waals surface area contributed by atoms with E-state index in [1.807, 2.05) is 6.92 Å². The minimum atomic E-state index is -3.47. The van der Waals surface area contributed by atoms with Crippen molar-refractivity contribution >= 4 is 21.7 Å². The minimum Gasteiger partial charge on any atom is -0.468 e. The Labute approximate surface area is 131 Å². The van der Waals surface area contributed by atoms with Gasteiger partial charge in [0.2, 0.25) is 10.0 Å². The fraction of sp³-hybridized carbons (Fsp3) is 0.533. The standard InChI is InChI=1S/C15H22N2O4S/c1-12-6-7-13(10-14(12)16-11-15(18)21-2)22(19,20)17-8-4-3-5-9-17/h6-7,10,16H,3-5,8-9,11H2,1-2H3. The van der Waals surface area contributed by atoms with Gasteiger partial charge in [0.15, 0.2) is 0 Å². The van der Waals surface area contributed by atoms with Crippen molar-refractivity contribution in [2.45, 2.75) is 31.1 Å². The normalized spacial score (nSPS) is 16.3. The molecule has 0 spiro atoms. The molecule has 1 aliphatic heterocycles. The summed E-state index contributed by atoms with van der Waals surface area (Å²) >= 11 is 0. The second kappa shape index (κ2) is 7.11. The van der Waals surface area contributed by atoms with E-state index >= 15 is 0 Å². The number of carbonyl (C=O) groups excluding carboxylic acids is 1. The van der Waals surface area contributed by atoms with Crippen LogP contribution in [0.2, 0.25) is 0 Å². The highest BCUT2D eigenvalue weighted by Crippen LogP contribution is 2.25. The number of carbonyl (C=O) groups is 1. The van der Waals surface area contributed by atoms with Crippen LogP contribution in [0.5, 0.6) is 0 Å². The van der Waals surface area contributed by atoms with Gasteiger partial charge in [-0.05, 0) is 37.5 Å². The summed E-state index contributed by atoms with van der Waals surface area (Å²) in [6, 6.07) is 4.95. The number of benzene rings is 1. The molecular weight excluding hydrogens is 304 g/mol. The van der Waals surface area contributed by atoms with Crippen molar-refractivity contribution in [3.8, 4) is 0 Å². The van der Waals surface area contributed by atoms with Crippen molar-refractivity contribution in [3.63, 3.8) is 0 Å². The van der Waals surface area contributed by atoms with E-state index in [0.717, 1.165) is 24.8 Å². The Hall–Kier alpha value is -1.60. The molecule has 0 aromatic heterocycles. The maximum absolute atomic E-state index is 12.7. The number of nitrogens with zero attached hydrogens (tertiary/aromatic N) is 1. The van der Waals surface area contributed by atoms with E-state index in [0.29, 0.717) is 18.8 Å². The van der Waals surface area contributed by atoms with Gasteiger partial charge in [-0.1, -0.05) is 12.5 Å². The molecule has 1 aromatic rings. The largest absolute Gasteiger partial charge is 0.468 e. The first kappa shape index (κ1) is 16.8. The molecule has 0 bridgehead atoms. The van der Waals surface area contributed by atoms with E-state index < -0.39 is 16.0 Å². The first-order valence-corrected chi connectivity index (χ1v) is 8.80. The van der Waals surface area contributed by atoms with Crippen molar-refractivity contribution in [1.29, 1.82) is 0 Å². The zero-order valence-electron chi connectivity index (χ0n) is 13.0. The average molecular weight is 326 g/mol. The molecule has 6 nitrogen and oxygen atoms in total. The molecule has 0 atom stereocenters. The molecular formula is C15H22N2O4S. The van der Waals surface area contributed by atoms with E-state index in [1.165, 1.54) is 11.4 Å². The molecule has 0 unspecified atom stereocenters. The molecule has 1 heterocycles. The lowest BCUT2D eigenvalue weighted by atomic mass is 10.2. The van der Waals surface area contributed by atoms with Crippen molar-refractivity contribution in [2.75, 3.05) is 32.1 Å². The Kier molecular flexibility index (Phi) is 5.42. The van der Waals surface area contributed by atoms with Crippen molar-refractivity contribution in [2.24, 2.45) is 0 Å². The number of esters is 1. The average Bonchev–Trinajstić information content (AvgIpc) is 2.54. The number of rotatable bonds is 5. The lowest BCUT2D eigenvalue weighted by molar-refractivity contribution is -0.138. The molecule has 7 heteroatoms. The highest BCUT2D eigenvalue weighted by atomic mass is 32.2. The maximum Gasteiger partial charge on any atom is 0.325 e. The smallest absolute Gasteiger partial charge is 0.325 e. The summed E-state index contributed by atoms with van der Waals surface area (Å²) in [6.45, 7) is 3.00. The Bertz CT molecular complexity index is 637. The van der Waals surface area contributed by atoms with Crippen LogP contribution in [0.25, 0.3) is 0 Å². The Morgan fingerprint density at radius 2 is 1.95 bits per heavy atom. The fourth-order valence-corrected chi connectivity index (χ4v) is 3.99. The number of ether oxygens (including phenoxy) is 1. The summed E-state index contributed by atoms with van der Waals surface area (Å²) in [5.74, 6) is -0.399. The number of anilines is 1. The molecule has 1 fully saturated rings. The highest BCUT2D eigenvalue weighted by Gasteiger charge is 2.26. The number of nitrogens with one attached hydrogen (secondary N) is 1.